The number of fused-ring (bicyclic) bond motifs is 4. The minimum absolute atomic E-state index is 1.12. The molecule has 10 aromatic rings. The second-order valence-electron chi connectivity index (χ2n) is 14.9. The Morgan fingerprint density at radius 2 is 0.534 bits per heavy atom. The van der Waals surface area contributed by atoms with Gasteiger partial charge in [0.2, 0.25) is 0 Å². The zero-order valence-corrected chi connectivity index (χ0v) is 31.8. The largest absolute Gasteiger partial charge is 0.311 e. The maximum Gasteiger partial charge on any atom is 0.0462 e. The van der Waals surface area contributed by atoms with E-state index >= 15 is 0 Å². The van der Waals surface area contributed by atoms with Crippen molar-refractivity contribution in [2.24, 2.45) is 0 Å². The van der Waals surface area contributed by atoms with Gasteiger partial charge in [-0.3, -0.25) is 0 Å². The van der Waals surface area contributed by atoms with Gasteiger partial charge in [-0.1, -0.05) is 158 Å². The van der Waals surface area contributed by atoms with Gasteiger partial charge in [-0.15, -0.1) is 0 Å². The normalized spacial score (nSPS) is 11.4. The van der Waals surface area contributed by atoms with Crippen molar-refractivity contribution < 1.29 is 0 Å². The van der Waals surface area contributed by atoms with Gasteiger partial charge in [-0.05, 0) is 139 Å². The first-order chi connectivity index (χ1) is 28.8. The van der Waals surface area contributed by atoms with Crippen LogP contribution in [0, 0.1) is 0 Å². The maximum atomic E-state index is 2.33. The Balaban J connectivity index is 1.11. The third-order valence-corrected chi connectivity index (χ3v) is 11.5. The molecule has 272 valence electrons. The van der Waals surface area contributed by atoms with Crippen molar-refractivity contribution >= 4 is 55.7 Å². The Bertz CT molecular complexity index is 2780. The summed E-state index contributed by atoms with van der Waals surface area (Å²) in [4.78, 5) is 4.65. The Morgan fingerprint density at radius 3 is 0.879 bits per heavy atom. The second-order valence-corrected chi connectivity index (χ2v) is 14.9. The van der Waals surface area contributed by atoms with Crippen molar-refractivity contribution in [2.45, 2.75) is 0 Å². The smallest absolute Gasteiger partial charge is 0.0462 e. The van der Waals surface area contributed by atoms with E-state index in [2.05, 4.69) is 240 Å². The molecule has 0 bridgehead atoms. The van der Waals surface area contributed by atoms with Crippen LogP contribution in [0.4, 0.5) is 34.1 Å². The molecule has 2 nitrogen and oxygen atoms in total. The van der Waals surface area contributed by atoms with Crippen LogP contribution in [0.25, 0.3) is 66.1 Å². The number of rotatable bonds is 8. The van der Waals surface area contributed by atoms with Crippen molar-refractivity contribution in [3.05, 3.63) is 231 Å². The van der Waals surface area contributed by atoms with Crippen LogP contribution in [-0.4, -0.2) is 0 Å². The Labute approximate surface area is 339 Å². The molecule has 0 heterocycles. The number of para-hydroxylation sites is 4. The molecule has 0 saturated heterocycles. The first-order valence-electron chi connectivity index (χ1n) is 19.9. The number of nitrogens with zero attached hydrogens (tertiary/aromatic N) is 2. The van der Waals surface area contributed by atoms with Crippen molar-refractivity contribution in [1.29, 1.82) is 0 Å². The van der Waals surface area contributed by atoms with Crippen molar-refractivity contribution in [2.75, 3.05) is 9.80 Å². The lowest BCUT2D eigenvalue weighted by atomic mass is 9.82. The first kappa shape index (κ1) is 33.6. The van der Waals surface area contributed by atoms with Gasteiger partial charge in [-0.25, -0.2) is 0 Å². The topological polar surface area (TPSA) is 6.48 Å². The average molecular weight is 739 g/mol. The second kappa shape index (κ2) is 14.1. The van der Waals surface area contributed by atoms with Crippen LogP contribution in [-0.2, 0) is 0 Å². The molecule has 2 heteroatoms. The molecule has 0 aromatic heterocycles. The van der Waals surface area contributed by atoms with Crippen LogP contribution >= 0.6 is 0 Å². The van der Waals surface area contributed by atoms with E-state index in [1.165, 1.54) is 66.1 Å². The van der Waals surface area contributed by atoms with E-state index in [-0.39, 0.29) is 0 Å². The van der Waals surface area contributed by atoms with Gasteiger partial charge in [-0.2, -0.15) is 0 Å². The highest BCUT2D eigenvalue weighted by molar-refractivity contribution is 6.27. The number of anilines is 6. The van der Waals surface area contributed by atoms with E-state index in [1.54, 1.807) is 0 Å². The fourth-order valence-electron chi connectivity index (χ4n) is 9.09. The third-order valence-electron chi connectivity index (χ3n) is 11.5. The minimum Gasteiger partial charge on any atom is -0.311 e. The summed E-state index contributed by atoms with van der Waals surface area (Å²) in [6.45, 7) is 0. The fourth-order valence-corrected chi connectivity index (χ4v) is 9.09. The molecule has 58 heavy (non-hydrogen) atoms. The fraction of sp³-hybridized carbons (Fsp3) is 0. The molecular formula is C56H38N2. The van der Waals surface area contributed by atoms with Crippen LogP contribution in [0.2, 0.25) is 0 Å². The summed E-state index contributed by atoms with van der Waals surface area (Å²) in [7, 11) is 0. The van der Waals surface area contributed by atoms with Gasteiger partial charge in [0.15, 0.2) is 0 Å². The molecule has 0 N–H and O–H groups in total. The summed E-state index contributed by atoms with van der Waals surface area (Å²) < 4.78 is 0. The summed E-state index contributed by atoms with van der Waals surface area (Å²) in [6.07, 6.45) is 0. The lowest BCUT2D eigenvalue weighted by Crippen LogP contribution is -2.09. The molecule has 0 spiro atoms. The van der Waals surface area contributed by atoms with Gasteiger partial charge in [0.25, 0.3) is 0 Å². The van der Waals surface area contributed by atoms with Crippen molar-refractivity contribution in [1.82, 2.24) is 0 Å². The molecule has 0 amide bonds. The van der Waals surface area contributed by atoms with E-state index in [1.807, 2.05) is 0 Å². The zero-order chi connectivity index (χ0) is 38.4. The predicted molar refractivity (Wildman–Crippen MR) is 246 cm³/mol. The maximum absolute atomic E-state index is 2.33. The summed E-state index contributed by atoms with van der Waals surface area (Å²) in [5.41, 5.74) is 16.9. The van der Waals surface area contributed by atoms with Crippen molar-refractivity contribution in [3.63, 3.8) is 0 Å². The Hall–Kier alpha value is -7.68. The minimum atomic E-state index is 1.12. The Kier molecular flexibility index (Phi) is 8.19. The molecule has 11 rings (SSSR count). The first-order valence-corrected chi connectivity index (χ1v) is 19.9. The average Bonchev–Trinajstić information content (AvgIpc) is 3.63. The van der Waals surface area contributed by atoms with E-state index in [0.29, 0.717) is 0 Å². The van der Waals surface area contributed by atoms with Crippen LogP contribution in [0.5, 0.6) is 0 Å². The zero-order valence-electron chi connectivity index (χ0n) is 31.8. The van der Waals surface area contributed by atoms with Gasteiger partial charge in [0.1, 0.15) is 0 Å². The van der Waals surface area contributed by atoms with E-state index in [4.69, 9.17) is 0 Å². The van der Waals surface area contributed by atoms with Gasteiger partial charge < -0.3 is 9.80 Å². The highest BCUT2D eigenvalue weighted by Gasteiger charge is 2.30. The van der Waals surface area contributed by atoms with Gasteiger partial charge >= 0.3 is 0 Å². The molecule has 0 unspecified atom stereocenters. The monoisotopic (exact) mass is 738 g/mol. The van der Waals surface area contributed by atoms with Crippen LogP contribution in [0.15, 0.2) is 231 Å². The molecule has 0 atom stereocenters. The van der Waals surface area contributed by atoms with Crippen LogP contribution in [0.1, 0.15) is 0 Å². The summed E-state index contributed by atoms with van der Waals surface area (Å²) in [6, 6.07) is 83.4. The molecule has 1 aliphatic carbocycles. The quantitative estimate of drug-likeness (QED) is 0.153. The molecule has 1 aliphatic rings. The highest BCUT2D eigenvalue weighted by atomic mass is 15.1. The molecule has 0 radical (unpaired) electrons. The summed E-state index contributed by atoms with van der Waals surface area (Å²) in [5, 5.41) is 5.08. The lowest BCUT2D eigenvalue weighted by molar-refractivity contribution is 1.28. The highest BCUT2D eigenvalue weighted by Crippen LogP contribution is 2.58. The molecular weight excluding hydrogens is 701 g/mol. The standard InChI is InChI=1S/C56H38N2/c1-5-19-42(20-6-1)57(43-21-7-2-8-22-43)46-35-31-40(32-36-46)53-48-27-13-14-28-49(48)54(56-51-30-16-18-39-17-15-29-50(52(39)51)55(53)56)41-33-37-47(38-34-41)58(44-23-9-3-10-24-44)45-25-11-4-12-26-45/h1-38H. The predicted octanol–water partition coefficient (Wildman–Crippen LogP) is 15.9. The summed E-state index contributed by atoms with van der Waals surface area (Å²) in [5.74, 6) is 0. The van der Waals surface area contributed by atoms with Gasteiger partial charge in [0.05, 0.1) is 0 Å². The summed E-state index contributed by atoms with van der Waals surface area (Å²) >= 11 is 0. The van der Waals surface area contributed by atoms with E-state index in [9.17, 15) is 0 Å². The number of benzene rings is 10. The van der Waals surface area contributed by atoms with Crippen LogP contribution in [0.3, 0.4) is 0 Å². The van der Waals surface area contributed by atoms with Crippen molar-refractivity contribution in [3.8, 4) is 44.5 Å². The van der Waals surface area contributed by atoms with Gasteiger partial charge in [0, 0.05) is 34.1 Å². The number of hydrogen-bond donors (Lipinski definition) is 0. The molecule has 0 fully saturated rings. The molecule has 10 aromatic carbocycles. The van der Waals surface area contributed by atoms with E-state index in [0.717, 1.165) is 34.1 Å². The SMILES string of the molecule is c1ccc(N(c2ccccc2)c2ccc(-c3c4c(c(-c5ccc(N(c6ccccc6)c6ccccc6)cc5)c5ccccc35)-c3cccc5cccc-4c35)cc2)cc1. The van der Waals surface area contributed by atoms with Crippen LogP contribution < -0.4 is 9.80 Å². The molecule has 0 aliphatic heterocycles. The third kappa shape index (κ3) is 5.57. The Morgan fingerprint density at radius 1 is 0.224 bits per heavy atom. The van der Waals surface area contributed by atoms with E-state index < -0.39 is 0 Å². The molecule has 0 saturated carbocycles. The number of hydrogen-bond acceptors (Lipinski definition) is 2. The lowest BCUT2D eigenvalue weighted by Gasteiger charge is -2.26.